The van der Waals surface area contributed by atoms with Crippen molar-refractivity contribution in [2.45, 2.75) is 86.6 Å². The Morgan fingerprint density at radius 1 is 0.930 bits per heavy atom. The zero-order valence-corrected chi connectivity index (χ0v) is 28.9. The summed E-state index contributed by atoms with van der Waals surface area (Å²) in [5.74, 6) is 1.48. The van der Waals surface area contributed by atoms with Crippen molar-refractivity contribution in [2.24, 2.45) is 5.92 Å². The van der Waals surface area contributed by atoms with E-state index < -0.39 is 0 Å². The second kappa shape index (κ2) is 23.2. The Morgan fingerprint density at radius 2 is 1.47 bits per heavy atom. The molecule has 0 aliphatic rings. The summed E-state index contributed by atoms with van der Waals surface area (Å²) in [4.78, 5) is 14.4. The van der Waals surface area contributed by atoms with Gasteiger partial charge in [-0.2, -0.15) is 0 Å². The molecule has 240 valence electrons. The first-order valence-electron chi connectivity index (χ1n) is 15.9. The topological polar surface area (TPSA) is 53.6 Å². The van der Waals surface area contributed by atoms with Crippen molar-refractivity contribution in [3.63, 3.8) is 0 Å². The number of aryl methyl sites for hydroxylation is 2. The lowest BCUT2D eigenvalue weighted by atomic mass is 9.99. The third kappa shape index (κ3) is 17.4. The number of nitrogens with zero attached hydrogens (tertiary/aromatic N) is 1. The van der Waals surface area contributed by atoms with Gasteiger partial charge in [-0.15, -0.1) is 0 Å². The van der Waals surface area contributed by atoms with E-state index in [2.05, 4.69) is 106 Å². The Kier molecular flexibility index (Phi) is 21.4. The van der Waals surface area contributed by atoms with Crippen LogP contribution in [0.25, 0.3) is 0 Å². The fourth-order valence-corrected chi connectivity index (χ4v) is 4.00. The van der Waals surface area contributed by atoms with Crippen molar-refractivity contribution < 1.29 is 9.53 Å². The molecule has 0 spiro atoms. The second-order valence-electron chi connectivity index (χ2n) is 11.6. The van der Waals surface area contributed by atoms with E-state index in [-0.39, 0.29) is 17.9 Å². The minimum Gasteiger partial charge on any atom is -0.494 e. The third-order valence-electron chi connectivity index (χ3n) is 6.68. The number of hydrogen-bond acceptors (Lipinski definition) is 4. The Morgan fingerprint density at radius 3 is 1.93 bits per heavy atom. The lowest BCUT2D eigenvalue weighted by Gasteiger charge is -2.28. The highest BCUT2D eigenvalue weighted by Gasteiger charge is 2.25. The van der Waals surface area contributed by atoms with Crippen LogP contribution < -0.4 is 10.6 Å². The van der Waals surface area contributed by atoms with E-state index in [0.717, 1.165) is 24.1 Å². The Bertz CT molecular complexity index is 1070. The molecule has 1 amide bonds. The number of likely N-dealkylation sites (N-methyl/N-ethyl adjacent to an activating group) is 2. The molecule has 0 saturated carbocycles. The third-order valence-corrected chi connectivity index (χ3v) is 6.68. The van der Waals surface area contributed by atoms with Gasteiger partial charge >= 0.3 is 0 Å². The van der Waals surface area contributed by atoms with E-state index >= 15 is 0 Å². The van der Waals surface area contributed by atoms with Gasteiger partial charge in [-0.25, -0.2) is 0 Å². The number of carbonyl (C=O) groups is 1. The number of ether oxygens (including phenoxy) is 1. The van der Waals surface area contributed by atoms with Gasteiger partial charge in [-0.05, 0) is 67.8 Å². The molecule has 0 bridgehead atoms. The van der Waals surface area contributed by atoms with Crippen LogP contribution in [-0.2, 0) is 22.4 Å². The molecule has 5 heteroatoms. The van der Waals surface area contributed by atoms with Gasteiger partial charge in [0.2, 0.25) is 5.91 Å². The van der Waals surface area contributed by atoms with Crippen molar-refractivity contribution in [2.75, 3.05) is 33.8 Å². The highest BCUT2D eigenvalue weighted by Crippen LogP contribution is 2.16. The van der Waals surface area contributed by atoms with Crippen molar-refractivity contribution in [1.29, 1.82) is 0 Å². The molecule has 0 radical (unpaired) electrons. The highest BCUT2D eigenvalue weighted by molar-refractivity contribution is 5.82. The molecule has 2 N–H and O–H groups in total. The van der Waals surface area contributed by atoms with E-state index in [4.69, 9.17) is 4.74 Å². The predicted octanol–water partition coefficient (Wildman–Crippen LogP) is 8.30. The molecule has 0 aromatic heterocycles. The normalized spacial score (nSPS) is 11.5. The summed E-state index contributed by atoms with van der Waals surface area (Å²) in [7, 11) is 3.65. The number of amides is 1. The van der Waals surface area contributed by atoms with Crippen LogP contribution in [0.4, 0.5) is 0 Å². The van der Waals surface area contributed by atoms with Gasteiger partial charge in [0.25, 0.3) is 0 Å². The summed E-state index contributed by atoms with van der Waals surface area (Å²) in [5.41, 5.74) is 6.02. The molecule has 1 atom stereocenters. The van der Waals surface area contributed by atoms with Crippen LogP contribution in [0.5, 0.6) is 0 Å². The SMILES string of the molecule is C=C(CNC)NC(C(=O)N(C)C/C=C(\C)C(=C)OCC)C(C)C.CC(C)c1ccc(CCc2ccccc2)cc1.CCC. The summed E-state index contributed by atoms with van der Waals surface area (Å²) in [6, 6.07) is 19.4. The standard InChI is InChI=1S/C18H33N3O2.C17H20.C3H8/c1-9-23-16(6)14(4)10-11-21(8)18(22)17(13(2)3)20-15(5)12-19-7;1-14(2)17-12-10-16(11-13-17)9-8-15-6-4-3-5-7-15;1-3-2/h10,13,17,19-20H,5-6,9,11-12H2,1-4,7-8H3;3-7,10-14H,8-9H2,1-2H3;3H2,1-2H3/b14-10+;;. The summed E-state index contributed by atoms with van der Waals surface area (Å²) in [6.07, 6.45) is 5.46. The van der Waals surface area contributed by atoms with Crippen LogP contribution in [0.3, 0.4) is 0 Å². The predicted molar refractivity (Wildman–Crippen MR) is 187 cm³/mol. The summed E-state index contributed by atoms with van der Waals surface area (Å²) in [6.45, 7) is 26.2. The van der Waals surface area contributed by atoms with Crippen LogP contribution in [0.1, 0.15) is 84.4 Å². The molecule has 0 fully saturated rings. The van der Waals surface area contributed by atoms with E-state index in [1.165, 1.54) is 23.1 Å². The van der Waals surface area contributed by atoms with Crippen LogP contribution in [0, 0.1) is 5.92 Å². The molecule has 0 aliphatic heterocycles. The monoisotopic (exact) mass is 591 g/mol. The zero-order valence-electron chi connectivity index (χ0n) is 28.9. The number of rotatable bonds is 15. The molecule has 0 heterocycles. The second-order valence-corrected chi connectivity index (χ2v) is 11.6. The minimum atomic E-state index is -0.287. The van der Waals surface area contributed by atoms with Crippen molar-refractivity contribution in [3.05, 3.63) is 108 Å². The van der Waals surface area contributed by atoms with Gasteiger partial charge in [-0.1, -0.05) is 122 Å². The number of hydrogen-bond donors (Lipinski definition) is 2. The highest BCUT2D eigenvalue weighted by atomic mass is 16.5. The van der Waals surface area contributed by atoms with Crippen molar-refractivity contribution >= 4 is 5.91 Å². The van der Waals surface area contributed by atoms with Crippen molar-refractivity contribution in [3.8, 4) is 0 Å². The fraction of sp³-hybridized carbons (Fsp3) is 0.500. The first-order valence-corrected chi connectivity index (χ1v) is 15.9. The molecule has 1 unspecified atom stereocenters. The van der Waals surface area contributed by atoms with Gasteiger partial charge in [0.05, 0.1) is 6.61 Å². The van der Waals surface area contributed by atoms with Crippen LogP contribution in [0.2, 0.25) is 0 Å². The van der Waals surface area contributed by atoms with Gasteiger partial charge in [0, 0.05) is 25.8 Å². The van der Waals surface area contributed by atoms with E-state index in [1.807, 2.05) is 40.8 Å². The van der Waals surface area contributed by atoms with Gasteiger partial charge in [-0.3, -0.25) is 4.79 Å². The molecule has 2 aromatic rings. The Hall–Kier alpha value is -3.31. The van der Waals surface area contributed by atoms with Crippen LogP contribution in [0.15, 0.2) is 90.9 Å². The first-order chi connectivity index (χ1) is 20.4. The van der Waals surface area contributed by atoms with Gasteiger partial charge in [0.1, 0.15) is 11.8 Å². The molecule has 0 aliphatic carbocycles. The number of allylic oxidation sites excluding steroid dienone is 1. The molecule has 2 rings (SSSR count). The molecule has 5 nitrogen and oxygen atoms in total. The minimum absolute atomic E-state index is 0.0447. The smallest absolute Gasteiger partial charge is 0.245 e. The van der Waals surface area contributed by atoms with Crippen molar-refractivity contribution in [1.82, 2.24) is 15.5 Å². The average Bonchev–Trinajstić information content (AvgIpc) is 2.98. The van der Waals surface area contributed by atoms with Crippen LogP contribution >= 0.6 is 0 Å². The number of benzene rings is 2. The lowest BCUT2D eigenvalue weighted by molar-refractivity contribution is -0.132. The fourth-order valence-electron chi connectivity index (χ4n) is 4.00. The quantitative estimate of drug-likeness (QED) is 0.162. The number of nitrogens with one attached hydrogen (secondary N) is 2. The molecular formula is C38H61N3O2. The molecule has 43 heavy (non-hydrogen) atoms. The maximum absolute atomic E-state index is 12.7. The maximum atomic E-state index is 12.7. The molecule has 0 saturated heterocycles. The molecule has 2 aromatic carbocycles. The van der Waals surface area contributed by atoms with E-state index in [1.54, 1.807) is 11.9 Å². The maximum Gasteiger partial charge on any atom is 0.245 e. The Balaban J connectivity index is 0.000000774. The summed E-state index contributed by atoms with van der Waals surface area (Å²) >= 11 is 0. The number of carbonyl (C=O) groups excluding carboxylic acids is 1. The van der Waals surface area contributed by atoms with Crippen LogP contribution in [-0.4, -0.2) is 50.6 Å². The van der Waals surface area contributed by atoms with Gasteiger partial charge < -0.3 is 20.3 Å². The zero-order chi connectivity index (χ0) is 32.8. The Labute approximate surface area is 264 Å². The summed E-state index contributed by atoms with van der Waals surface area (Å²) < 4.78 is 5.36. The summed E-state index contributed by atoms with van der Waals surface area (Å²) in [5, 5.41) is 6.24. The molecular weight excluding hydrogens is 530 g/mol. The van der Waals surface area contributed by atoms with Gasteiger partial charge in [0.15, 0.2) is 0 Å². The van der Waals surface area contributed by atoms with E-state index in [9.17, 15) is 4.79 Å². The first kappa shape index (κ1) is 39.7. The van der Waals surface area contributed by atoms with E-state index in [0.29, 0.717) is 31.4 Å². The average molecular weight is 592 g/mol. The lowest BCUT2D eigenvalue weighted by Crippen LogP contribution is -2.48. The largest absolute Gasteiger partial charge is 0.494 e.